The van der Waals surface area contributed by atoms with Gasteiger partial charge in [0.15, 0.2) is 5.82 Å². The normalized spacial score (nSPS) is 11.2. The Morgan fingerprint density at radius 1 is 0.947 bits per heavy atom. The molecule has 1 radical (unpaired) electrons. The van der Waals surface area contributed by atoms with E-state index in [9.17, 15) is 0 Å². The van der Waals surface area contributed by atoms with Gasteiger partial charge in [-0.25, -0.2) is 9.97 Å². The van der Waals surface area contributed by atoms with Crippen LogP contribution in [0.5, 0.6) is 0 Å². The van der Waals surface area contributed by atoms with E-state index in [1.54, 1.807) is 0 Å². The third-order valence-corrected chi connectivity index (χ3v) is 3.23. The molecular formula is C16H10N3. The van der Waals surface area contributed by atoms with E-state index in [0.29, 0.717) is 5.82 Å². The predicted molar refractivity (Wildman–Crippen MR) is 75.7 cm³/mol. The smallest absolute Gasteiger partial charge is 0.162 e. The molecule has 2 heterocycles. The van der Waals surface area contributed by atoms with E-state index in [1.165, 1.54) is 0 Å². The summed E-state index contributed by atoms with van der Waals surface area (Å²) in [4.78, 5) is 12.2. The summed E-state index contributed by atoms with van der Waals surface area (Å²) >= 11 is 0. The molecule has 3 nitrogen and oxygen atoms in total. The van der Waals surface area contributed by atoms with Gasteiger partial charge in [0, 0.05) is 22.5 Å². The van der Waals surface area contributed by atoms with Crippen molar-refractivity contribution in [2.45, 2.75) is 0 Å². The van der Waals surface area contributed by atoms with Crippen LogP contribution in [0.3, 0.4) is 0 Å². The standard InChI is InChI=1S/C16H10N3/c1-3-7-14-11(5-1)9-18-16(19-14)13-10-17-15-8-4-2-6-12(13)15/h1-9,17H. The zero-order valence-corrected chi connectivity index (χ0v) is 10.1. The van der Waals surface area contributed by atoms with Crippen molar-refractivity contribution in [3.8, 4) is 11.4 Å². The Kier molecular flexibility index (Phi) is 2.12. The molecule has 0 atom stereocenters. The van der Waals surface area contributed by atoms with Gasteiger partial charge in [-0.05, 0) is 12.1 Å². The molecule has 89 valence electrons. The highest BCUT2D eigenvalue weighted by molar-refractivity contribution is 5.94. The number of rotatable bonds is 1. The van der Waals surface area contributed by atoms with Crippen LogP contribution in [-0.2, 0) is 0 Å². The molecular weight excluding hydrogens is 234 g/mol. The van der Waals surface area contributed by atoms with Crippen molar-refractivity contribution in [1.82, 2.24) is 15.0 Å². The fraction of sp³-hybridized carbons (Fsp3) is 0. The fourth-order valence-corrected chi connectivity index (χ4v) is 2.28. The first-order chi connectivity index (χ1) is 9.42. The number of benzene rings is 2. The molecule has 2 aromatic heterocycles. The number of nitrogens with one attached hydrogen (secondary N) is 1. The number of para-hydroxylation sites is 2. The van der Waals surface area contributed by atoms with Crippen LogP contribution in [0.15, 0.2) is 54.7 Å². The van der Waals surface area contributed by atoms with Crippen molar-refractivity contribution in [2.24, 2.45) is 0 Å². The van der Waals surface area contributed by atoms with Crippen molar-refractivity contribution in [1.29, 1.82) is 0 Å². The summed E-state index contributed by atoms with van der Waals surface area (Å²) in [5.41, 5.74) is 2.92. The van der Waals surface area contributed by atoms with E-state index in [-0.39, 0.29) is 0 Å². The highest BCUT2D eigenvalue weighted by Gasteiger charge is 2.09. The van der Waals surface area contributed by atoms with Gasteiger partial charge in [0.1, 0.15) is 0 Å². The van der Waals surface area contributed by atoms with E-state index in [2.05, 4.69) is 27.2 Å². The van der Waals surface area contributed by atoms with E-state index < -0.39 is 0 Å². The number of aromatic amines is 1. The summed E-state index contributed by atoms with van der Waals surface area (Å²) in [6.45, 7) is 0. The molecule has 0 aliphatic heterocycles. The van der Waals surface area contributed by atoms with Crippen LogP contribution in [-0.4, -0.2) is 15.0 Å². The molecule has 0 spiro atoms. The first kappa shape index (κ1) is 10.3. The summed E-state index contributed by atoms with van der Waals surface area (Å²) in [6.07, 6.45) is 5.00. The first-order valence-electron chi connectivity index (χ1n) is 6.12. The highest BCUT2D eigenvalue weighted by Crippen LogP contribution is 2.26. The van der Waals surface area contributed by atoms with Crippen LogP contribution in [0.1, 0.15) is 0 Å². The third-order valence-electron chi connectivity index (χ3n) is 3.23. The number of hydrogen-bond acceptors (Lipinski definition) is 2. The maximum Gasteiger partial charge on any atom is 0.162 e. The molecule has 0 fully saturated rings. The van der Waals surface area contributed by atoms with Gasteiger partial charge in [0.05, 0.1) is 17.3 Å². The van der Waals surface area contributed by atoms with Crippen LogP contribution in [0.2, 0.25) is 0 Å². The van der Waals surface area contributed by atoms with Gasteiger partial charge in [-0.1, -0.05) is 36.4 Å². The molecule has 0 amide bonds. The van der Waals surface area contributed by atoms with Gasteiger partial charge in [-0.2, -0.15) is 0 Å². The lowest BCUT2D eigenvalue weighted by molar-refractivity contribution is 1.23. The number of fused-ring (bicyclic) bond motifs is 2. The first-order valence-corrected chi connectivity index (χ1v) is 6.12. The fourth-order valence-electron chi connectivity index (χ4n) is 2.28. The van der Waals surface area contributed by atoms with Crippen LogP contribution in [0.4, 0.5) is 0 Å². The lowest BCUT2D eigenvalue weighted by Gasteiger charge is -2.00. The molecule has 0 saturated heterocycles. The van der Waals surface area contributed by atoms with Gasteiger partial charge >= 0.3 is 0 Å². The predicted octanol–water partition coefficient (Wildman–Crippen LogP) is 3.58. The van der Waals surface area contributed by atoms with E-state index in [1.807, 2.05) is 48.7 Å². The van der Waals surface area contributed by atoms with Gasteiger partial charge < -0.3 is 4.98 Å². The number of nitrogens with zero attached hydrogens (tertiary/aromatic N) is 2. The van der Waals surface area contributed by atoms with Crippen LogP contribution < -0.4 is 0 Å². The van der Waals surface area contributed by atoms with Crippen molar-refractivity contribution in [2.75, 3.05) is 0 Å². The average molecular weight is 244 g/mol. The molecule has 2 aromatic carbocycles. The molecule has 0 aliphatic rings. The van der Waals surface area contributed by atoms with E-state index in [0.717, 1.165) is 27.4 Å². The molecule has 0 bridgehead atoms. The quantitative estimate of drug-likeness (QED) is 0.556. The molecule has 3 heteroatoms. The monoisotopic (exact) mass is 244 g/mol. The molecule has 0 aliphatic carbocycles. The summed E-state index contributed by atoms with van der Waals surface area (Å²) in [5.74, 6) is 0.705. The maximum atomic E-state index is 4.61. The molecule has 1 N–H and O–H groups in total. The Hall–Kier alpha value is -2.68. The second-order valence-corrected chi connectivity index (χ2v) is 4.42. The zero-order valence-electron chi connectivity index (χ0n) is 10.1. The Balaban J connectivity index is 1.99. The topological polar surface area (TPSA) is 41.6 Å². The minimum absolute atomic E-state index is 0.705. The SMILES string of the molecule is [c]1[nH]c2ccccc2c1-c1ncc2ccccc2n1. The summed E-state index contributed by atoms with van der Waals surface area (Å²) in [5, 5.41) is 2.14. The number of H-pyrrole nitrogens is 1. The number of aromatic nitrogens is 3. The minimum Gasteiger partial charge on any atom is -0.353 e. The Bertz CT molecular complexity index is 877. The molecule has 0 unspecified atom stereocenters. The molecule has 19 heavy (non-hydrogen) atoms. The average Bonchev–Trinajstić information content (AvgIpc) is 2.91. The van der Waals surface area contributed by atoms with E-state index in [4.69, 9.17) is 0 Å². The second kappa shape index (κ2) is 3.92. The van der Waals surface area contributed by atoms with Crippen molar-refractivity contribution < 1.29 is 0 Å². The molecule has 4 aromatic rings. The van der Waals surface area contributed by atoms with Crippen LogP contribution in [0, 0.1) is 6.20 Å². The maximum absolute atomic E-state index is 4.61. The lowest BCUT2D eigenvalue weighted by atomic mass is 10.1. The van der Waals surface area contributed by atoms with Gasteiger partial charge in [-0.15, -0.1) is 0 Å². The van der Waals surface area contributed by atoms with Crippen LogP contribution in [0.25, 0.3) is 33.2 Å². The minimum atomic E-state index is 0.705. The highest BCUT2D eigenvalue weighted by atomic mass is 14.9. The Labute approximate surface area is 110 Å². The van der Waals surface area contributed by atoms with Crippen molar-refractivity contribution >= 4 is 21.8 Å². The van der Waals surface area contributed by atoms with Crippen molar-refractivity contribution in [3.63, 3.8) is 0 Å². The third kappa shape index (κ3) is 1.59. The van der Waals surface area contributed by atoms with Gasteiger partial charge in [0.2, 0.25) is 0 Å². The Morgan fingerprint density at radius 3 is 2.79 bits per heavy atom. The second-order valence-electron chi connectivity index (χ2n) is 4.42. The Morgan fingerprint density at radius 2 is 1.79 bits per heavy atom. The largest absolute Gasteiger partial charge is 0.353 e. The molecule has 4 rings (SSSR count). The van der Waals surface area contributed by atoms with Gasteiger partial charge in [-0.3, -0.25) is 0 Å². The molecule has 0 saturated carbocycles. The van der Waals surface area contributed by atoms with E-state index >= 15 is 0 Å². The zero-order chi connectivity index (χ0) is 12.7. The summed E-state index contributed by atoms with van der Waals surface area (Å²) in [6, 6.07) is 16.1. The summed E-state index contributed by atoms with van der Waals surface area (Å²) in [7, 11) is 0. The van der Waals surface area contributed by atoms with Gasteiger partial charge in [0.25, 0.3) is 0 Å². The van der Waals surface area contributed by atoms with Crippen LogP contribution >= 0.6 is 0 Å². The lowest BCUT2D eigenvalue weighted by Crippen LogP contribution is -1.88. The number of hydrogen-bond donors (Lipinski definition) is 1. The van der Waals surface area contributed by atoms with Crippen molar-refractivity contribution in [3.05, 3.63) is 60.9 Å². The summed E-state index contributed by atoms with van der Waals surface area (Å²) < 4.78 is 0.